The first-order valence-electron chi connectivity index (χ1n) is 9.61. The highest BCUT2D eigenvalue weighted by molar-refractivity contribution is 5.75. The van der Waals surface area contributed by atoms with Crippen LogP contribution in [0.4, 0.5) is 0 Å². The van der Waals surface area contributed by atoms with Crippen molar-refractivity contribution in [2.24, 2.45) is 40.9 Å². The van der Waals surface area contributed by atoms with Gasteiger partial charge in [-0.05, 0) is 82.0 Å². The van der Waals surface area contributed by atoms with Gasteiger partial charge in [-0.25, -0.2) is 0 Å². The number of carbonyl (C=O) groups is 1. The Morgan fingerprint density at radius 3 is 2.43 bits per heavy atom. The molecule has 8 atom stereocenters. The number of rotatable bonds is 5. The number of hydrogen-bond acceptors (Lipinski definition) is 3. The molecule has 3 heteroatoms. The maximum absolute atomic E-state index is 12.2. The predicted molar refractivity (Wildman–Crippen MR) is 90.6 cm³/mol. The molecule has 0 aliphatic heterocycles. The fourth-order valence-electron chi connectivity index (χ4n) is 5.82. The summed E-state index contributed by atoms with van der Waals surface area (Å²) in [6.45, 7) is 12.6. The van der Waals surface area contributed by atoms with E-state index in [1.54, 1.807) is 0 Å². The van der Waals surface area contributed by atoms with Crippen molar-refractivity contribution in [1.29, 1.82) is 0 Å². The number of esters is 1. The minimum absolute atomic E-state index is 0.142. The molecule has 3 rings (SSSR count). The Balaban J connectivity index is 1.57. The zero-order valence-corrected chi connectivity index (χ0v) is 15.7. The van der Waals surface area contributed by atoms with Gasteiger partial charge in [0.25, 0.3) is 0 Å². The third-order valence-corrected chi connectivity index (χ3v) is 7.20. The molecule has 0 radical (unpaired) electrons. The van der Waals surface area contributed by atoms with Crippen LogP contribution in [0.2, 0.25) is 0 Å². The molecule has 0 aromatic rings. The molecule has 0 aromatic carbocycles. The van der Waals surface area contributed by atoms with Crippen molar-refractivity contribution in [1.82, 2.24) is 0 Å². The molecule has 3 nitrogen and oxygen atoms in total. The van der Waals surface area contributed by atoms with Gasteiger partial charge in [-0.3, -0.25) is 4.79 Å². The molecule has 0 heterocycles. The Bertz CT molecular complexity index is 458. The zero-order valence-electron chi connectivity index (χ0n) is 15.7. The fourth-order valence-corrected chi connectivity index (χ4v) is 5.82. The summed E-state index contributed by atoms with van der Waals surface area (Å²) in [6, 6.07) is 0. The second-order valence-electron chi connectivity index (χ2n) is 9.13. The highest BCUT2D eigenvalue weighted by atomic mass is 16.7. The maximum Gasteiger partial charge on any atom is 0.313 e. The quantitative estimate of drug-likeness (QED) is 0.546. The van der Waals surface area contributed by atoms with E-state index >= 15 is 0 Å². The highest BCUT2D eigenvalue weighted by Crippen LogP contribution is 2.63. The second-order valence-corrected chi connectivity index (χ2v) is 9.13. The number of fused-ring (bicyclic) bond motifs is 5. The summed E-state index contributed by atoms with van der Waals surface area (Å²) >= 11 is 0. The molecule has 8 unspecified atom stereocenters. The molecule has 0 amide bonds. The van der Waals surface area contributed by atoms with Gasteiger partial charge in [0.1, 0.15) is 0 Å². The number of carbonyl (C=O) groups excluding carboxylic acids is 1. The monoisotopic (exact) mass is 322 g/mol. The molecular weight excluding hydrogens is 288 g/mol. The van der Waals surface area contributed by atoms with Gasteiger partial charge < -0.3 is 9.47 Å². The second kappa shape index (κ2) is 6.06. The molecule has 2 bridgehead atoms. The third kappa shape index (κ3) is 2.94. The fraction of sp³-hybridized carbons (Fsp3) is 0.950. The molecule has 3 aliphatic carbocycles. The van der Waals surface area contributed by atoms with Crippen LogP contribution in [0.25, 0.3) is 0 Å². The topological polar surface area (TPSA) is 35.5 Å². The van der Waals surface area contributed by atoms with Crippen molar-refractivity contribution in [3.63, 3.8) is 0 Å². The van der Waals surface area contributed by atoms with Crippen LogP contribution >= 0.6 is 0 Å². The first-order valence-corrected chi connectivity index (χ1v) is 9.61. The minimum Gasteiger partial charge on any atom is -0.436 e. The van der Waals surface area contributed by atoms with E-state index in [0.29, 0.717) is 12.0 Å². The van der Waals surface area contributed by atoms with E-state index in [9.17, 15) is 4.79 Å². The van der Waals surface area contributed by atoms with E-state index in [0.717, 1.165) is 36.0 Å². The van der Waals surface area contributed by atoms with Gasteiger partial charge in [0.05, 0.1) is 11.5 Å². The molecule has 0 saturated heterocycles. The standard InChI is InChI=1S/C20H34O3/c1-7-20(5,6)19(21)23-13(4)22-16-10-14-9-15(16)18-12(3)8-11(2)17(14)18/h11-18H,7-10H2,1-6H3. The summed E-state index contributed by atoms with van der Waals surface area (Å²) in [5, 5.41) is 0. The Hall–Kier alpha value is -0.570. The smallest absolute Gasteiger partial charge is 0.313 e. The summed E-state index contributed by atoms with van der Waals surface area (Å²) < 4.78 is 11.8. The Labute approximate surface area is 141 Å². The lowest BCUT2D eigenvalue weighted by molar-refractivity contribution is -0.201. The van der Waals surface area contributed by atoms with Crippen LogP contribution in [-0.2, 0) is 14.3 Å². The van der Waals surface area contributed by atoms with Crippen LogP contribution in [0.15, 0.2) is 0 Å². The van der Waals surface area contributed by atoms with Crippen molar-refractivity contribution >= 4 is 5.97 Å². The van der Waals surface area contributed by atoms with E-state index in [2.05, 4.69) is 13.8 Å². The van der Waals surface area contributed by atoms with Crippen LogP contribution in [0.1, 0.15) is 67.2 Å². The summed E-state index contributed by atoms with van der Waals surface area (Å²) in [5.74, 6) is 4.85. The van der Waals surface area contributed by atoms with E-state index < -0.39 is 11.7 Å². The summed E-state index contributed by atoms with van der Waals surface area (Å²) in [7, 11) is 0. The van der Waals surface area contributed by atoms with Crippen LogP contribution in [0, 0.1) is 40.9 Å². The minimum atomic E-state index is -0.426. The third-order valence-electron chi connectivity index (χ3n) is 7.20. The van der Waals surface area contributed by atoms with E-state index in [-0.39, 0.29) is 5.97 Å². The van der Waals surface area contributed by atoms with Gasteiger partial charge in [-0.15, -0.1) is 0 Å². The van der Waals surface area contributed by atoms with Crippen molar-refractivity contribution in [2.45, 2.75) is 79.6 Å². The number of ether oxygens (including phenoxy) is 2. The molecular formula is C20H34O3. The summed E-state index contributed by atoms with van der Waals surface area (Å²) in [6.07, 6.45) is 4.53. The van der Waals surface area contributed by atoms with Gasteiger partial charge in [-0.2, -0.15) is 0 Å². The van der Waals surface area contributed by atoms with Gasteiger partial charge in [0.15, 0.2) is 6.29 Å². The molecule has 3 saturated carbocycles. The van der Waals surface area contributed by atoms with Crippen LogP contribution in [0.3, 0.4) is 0 Å². The van der Waals surface area contributed by atoms with Crippen molar-refractivity contribution < 1.29 is 14.3 Å². The van der Waals surface area contributed by atoms with E-state index in [1.165, 1.54) is 19.3 Å². The largest absolute Gasteiger partial charge is 0.436 e. The van der Waals surface area contributed by atoms with Crippen LogP contribution < -0.4 is 0 Å². The predicted octanol–water partition coefficient (Wildman–Crippen LogP) is 4.65. The van der Waals surface area contributed by atoms with Crippen molar-refractivity contribution in [3.8, 4) is 0 Å². The normalized spacial score (nSPS) is 43.5. The maximum atomic E-state index is 12.2. The van der Waals surface area contributed by atoms with Crippen LogP contribution in [0.5, 0.6) is 0 Å². The lowest BCUT2D eigenvalue weighted by Crippen LogP contribution is -2.37. The lowest BCUT2D eigenvalue weighted by Gasteiger charge is -2.36. The van der Waals surface area contributed by atoms with Crippen LogP contribution in [-0.4, -0.2) is 18.4 Å². The van der Waals surface area contributed by atoms with E-state index in [1.807, 2.05) is 27.7 Å². The molecule has 0 N–H and O–H groups in total. The molecule has 3 aliphatic rings. The zero-order chi connectivity index (χ0) is 16.9. The van der Waals surface area contributed by atoms with Gasteiger partial charge >= 0.3 is 5.97 Å². The average Bonchev–Trinajstić information content (AvgIpc) is 3.11. The van der Waals surface area contributed by atoms with Crippen molar-refractivity contribution in [3.05, 3.63) is 0 Å². The first-order chi connectivity index (χ1) is 10.7. The Morgan fingerprint density at radius 2 is 1.78 bits per heavy atom. The van der Waals surface area contributed by atoms with Gasteiger partial charge in [-0.1, -0.05) is 20.8 Å². The van der Waals surface area contributed by atoms with Gasteiger partial charge in [0, 0.05) is 0 Å². The SMILES string of the molecule is CCC(C)(C)C(=O)OC(C)OC1CC2CC1C1C(C)CC(C)C21. The first kappa shape index (κ1) is 17.3. The highest BCUT2D eigenvalue weighted by Gasteiger charge is 2.59. The van der Waals surface area contributed by atoms with E-state index in [4.69, 9.17) is 9.47 Å². The van der Waals surface area contributed by atoms with Crippen molar-refractivity contribution in [2.75, 3.05) is 0 Å². The molecule has 132 valence electrons. The molecule has 0 aromatic heterocycles. The lowest BCUT2D eigenvalue weighted by atomic mass is 9.75. The number of hydrogen-bond donors (Lipinski definition) is 0. The molecule has 23 heavy (non-hydrogen) atoms. The van der Waals surface area contributed by atoms with Gasteiger partial charge in [0.2, 0.25) is 0 Å². The Kier molecular flexibility index (Phi) is 4.54. The Morgan fingerprint density at radius 1 is 1.13 bits per heavy atom. The summed E-state index contributed by atoms with van der Waals surface area (Å²) in [5.41, 5.74) is -0.424. The molecule has 3 fully saturated rings. The molecule has 0 spiro atoms. The average molecular weight is 322 g/mol. The summed E-state index contributed by atoms with van der Waals surface area (Å²) in [4.78, 5) is 12.2.